The fraction of sp³-hybridized carbons (Fsp3) is 0.100. The third-order valence-corrected chi connectivity index (χ3v) is 7.73. The van der Waals surface area contributed by atoms with Gasteiger partial charge in [0.1, 0.15) is 11.2 Å². The maximum absolute atomic E-state index is 14.2. The number of hydrogen-bond donors (Lipinski definition) is 3. The summed E-state index contributed by atoms with van der Waals surface area (Å²) in [5, 5.41) is 23.6. The summed E-state index contributed by atoms with van der Waals surface area (Å²) in [4.78, 5) is 17.5. The second-order valence-corrected chi connectivity index (χ2v) is 10.1. The van der Waals surface area contributed by atoms with Crippen molar-refractivity contribution >= 4 is 45.6 Å². The number of nitrogens with one attached hydrogen (secondary N) is 3. The number of aromatic amines is 1. The summed E-state index contributed by atoms with van der Waals surface area (Å²) < 4.78 is 1.80. The number of hydrogen-bond acceptors (Lipinski definition) is 4. The van der Waals surface area contributed by atoms with Gasteiger partial charge in [-0.15, -0.1) is 0 Å². The maximum Gasteiger partial charge on any atom is 0.245 e. The van der Waals surface area contributed by atoms with Gasteiger partial charge in [0, 0.05) is 44.5 Å². The van der Waals surface area contributed by atoms with Crippen molar-refractivity contribution < 1.29 is 4.79 Å². The highest BCUT2D eigenvalue weighted by Crippen LogP contribution is 2.56. The van der Waals surface area contributed by atoms with E-state index < -0.39 is 5.41 Å². The molecule has 7 nitrogen and oxygen atoms in total. The molecule has 5 aromatic rings. The number of anilines is 2. The van der Waals surface area contributed by atoms with E-state index in [1.165, 1.54) is 0 Å². The first kappa shape index (κ1) is 22.4. The Balaban J connectivity index is 1.62. The van der Waals surface area contributed by atoms with Crippen molar-refractivity contribution in [1.29, 1.82) is 5.26 Å². The van der Waals surface area contributed by atoms with Gasteiger partial charge in [-0.3, -0.25) is 4.79 Å². The number of halogens is 1. The van der Waals surface area contributed by atoms with Crippen molar-refractivity contribution in [2.75, 3.05) is 10.6 Å². The van der Waals surface area contributed by atoms with Gasteiger partial charge in [-0.25, -0.2) is 4.68 Å². The lowest BCUT2D eigenvalue weighted by molar-refractivity contribution is -0.118. The lowest BCUT2D eigenvalue weighted by Crippen LogP contribution is -2.42. The second-order valence-electron chi connectivity index (χ2n) is 9.69. The molecule has 0 bridgehead atoms. The molecule has 1 unspecified atom stereocenters. The van der Waals surface area contributed by atoms with Gasteiger partial charge in [0.05, 0.1) is 28.7 Å². The zero-order valence-corrected chi connectivity index (χ0v) is 21.3. The monoisotopic (exact) mass is 516 g/mol. The Kier molecular flexibility index (Phi) is 4.63. The summed E-state index contributed by atoms with van der Waals surface area (Å²) in [5.41, 5.74) is 5.63. The van der Waals surface area contributed by atoms with Crippen LogP contribution in [-0.2, 0) is 10.2 Å². The smallest absolute Gasteiger partial charge is 0.245 e. The van der Waals surface area contributed by atoms with E-state index >= 15 is 0 Å². The molecule has 38 heavy (non-hydrogen) atoms. The minimum atomic E-state index is -1.43. The molecule has 0 saturated heterocycles. The van der Waals surface area contributed by atoms with Gasteiger partial charge in [-0.2, -0.15) is 10.4 Å². The van der Waals surface area contributed by atoms with Crippen molar-refractivity contribution in [3.63, 3.8) is 0 Å². The molecular weight excluding hydrogens is 496 g/mol. The predicted molar refractivity (Wildman–Crippen MR) is 148 cm³/mol. The number of H-pyrrole nitrogens is 1. The number of fused-ring (bicyclic) bond motifs is 5. The van der Waals surface area contributed by atoms with Gasteiger partial charge in [-0.1, -0.05) is 41.9 Å². The van der Waals surface area contributed by atoms with Crippen LogP contribution in [0.3, 0.4) is 0 Å². The number of benzene rings is 3. The third-order valence-electron chi connectivity index (χ3n) is 7.50. The Labute approximate surface area is 223 Å². The topological polar surface area (TPSA) is 98.5 Å². The summed E-state index contributed by atoms with van der Waals surface area (Å²) in [7, 11) is 0. The van der Waals surface area contributed by atoms with Gasteiger partial charge in [0.15, 0.2) is 0 Å². The quantitative estimate of drug-likeness (QED) is 0.259. The maximum atomic E-state index is 14.2. The molecule has 3 aromatic carbocycles. The number of aryl methyl sites for hydroxylation is 2. The van der Waals surface area contributed by atoms with Crippen LogP contribution in [0.1, 0.15) is 27.9 Å². The summed E-state index contributed by atoms with van der Waals surface area (Å²) in [6, 6.07) is 23.6. The van der Waals surface area contributed by atoms with E-state index in [-0.39, 0.29) is 5.91 Å². The van der Waals surface area contributed by atoms with Crippen LogP contribution in [0, 0.1) is 25.2 Å². The third kappa shape index (κ3) is 2.83. The van der Waals surface area contributed by atoms with Gasteiger partial charge in [0.2, 0.25) is 5.91 Å². The van der Waals surface area contributed by atoms with Gasteiger partial charge < -0.3 is 15.6 Å². The van der Waals surface area contributed by atoms with Crippen LogP contribution in [0.5, 0.6) is 0 Å². The Bertz CT molecular complexity index is 1890. The fourth-order valence-electron chi connectivity index (χ4n) is 5.90. The molecule has 2 aliphatic heterocycles. The van der Waals surface area contributed by atoms with Gasteiger partial charge in [0.25, 0.3) is 0 Å². The van der Waals surface area contributed by atoms with E-state index in [9.17, 15) is 10.1 Å². The molecule has 1 atom stereocenters. The number of amides is 1. The normalized spacial score (nSPS) is 17.8. The average Bonchev–Trinajstić information content (AvgIpc) is 3.57. The molecule has 8 heteroatoms. The van der Waals surface area contributed by atoms with E-state index in [2.05, 4.69) is 27.8 Å². The molecule has 1 spiro atoms. The summed E-state index contributed by atoms with van der Waals surface area (Å²) >= 11 is 6.48. The first-order valence-corrected chi connectivity index (χ1v) is 12.6. The molecule has 3 N–H and O–H groups in total. The first-order chi connectivity index (χ1) is 18.4. The number of nitrogens with zero attached hydrogens (tertiary/aromatic N) is 3. The standard InChI is InChI=1S/C30H21ClN6O/c1-16-8-10-20-21(15-33-25(20)12-16)27-23(14-32)30(22-13-18(31)9-11-24(22)34-29(30)38)26-17(2)36-37(28(26)35-27)19-6-4-3-5-7-19/h3-13,15,33,35H,1-2H3,(H,34,38). The molecule has 2 aliphatic rings. The lowest BCUT2D eigenvalue weighted by Gasteiger charge is -2.34. The van der Waals surface area contributed by atoms with Crippen molar-refractivity contribution in [2.24, 2.45) is 0 Å². The molecular formula is C30H21ClN6O. The number of nitriles is 1. The van der Waals surface area contributed by atoms with Crippen molar-refractivity contribution in [3.05, 3.63) is 111 Å². The highest BCUT2D eigenvalue weighted by atomic mass is 35.5. The number of rotatable bonds is 2. The van der Waals surface area contributed by atoms with Crippen LogP contribution in [0.2, 0.25) is 5.02 Å². The highest BCUT2D eigenvalue weighted by molar-refractivity contribution is 6.31. The second kappa shape index (κ2) is 7.85. The van der Waals surface area contributed by atoms with Crippen molar-refractivity contribution in [2.45, 2.75) is 19.3 Å². The molecule has 7 rings (SSSR count). The van der Waals surface area contributed by atoms with E-state index in [1.54, 1.807) is 22.9 Å². The van der Waals surface area contributed by atoms with Crippen molar-refractivity contribution in [1.82, 2.24) is 14.8 Å². The van der Waals surface area contributed by atoms with Crippen LogP contribution >= 0.6 is 11.6 Å². The number of carbonyl (C=O) groups excluding carboxylic acids is 1. The van der Waals surface area contributed by atoms with Crippen LogP contribution < -0.4 is 10.6 Å². The molecule has 184 valence electrons. The minimum absolute atomic E-state index is 0.292. The number of aromatic nitrogens is 3. The van der Waals surface area contributed by atoms with E-state index in [0.29, 0.717) is 44.6 Å². The number of carbonyl (C=O) groups is 1. The first-order valence-electron chi connectivity index (χ1n) is 12.2. The van der Waals surface area contributed by atoms with Crippen molar-refractivity contribution in [3.8, 4) is 11.8 Å². The zero-order chi connectivity index (χ0) is 26.2. The molecule has 2 aromatic heterocycles. The van der Waals surface area contributed by atoms with Crippen LogP contribution in [-0.4, -0.2) is 20.7 Å². The van der Waals surface area contributed by atoms with Crippen LogP contribution in [0.15, 0.2) is 78.5 Å². The Hall–Kier alpha value is -4.80. The van der Waals surface area contributed by atoms with Crippen LogP contribution in [0.25, 0.3) is 22.3 Å². The van der Waals surface area contributed by atoms with Gasteiger partial charge >= 0.3 is 0 Å². The Morgan fingerprint density at radius 2 is 1.84 bits per heavy atom. The minimum Gasteiger partial charge on any atom is -0.360 e. The summed E-state index contributed by atoms with van der Waals surface area (Å²) in [6.07, 6.45) is 1.88. The summed E-state index contributed by atoms with van der Waals surface area (Å²) in [6.45, 7) is 3.90. The van der Waals surface area contributed by atoms with Gasteiger partial charge in [-0.05, 0) is 55.8 Å². The predicted octanol–water partition coefficient (Wildman–Crippen LogP) is 6.22. The highest BCUT2D eigenvalue weighted by Gasteiger charge is 2.58. The van der Waals surface area contributed by atoms with E-state index in [1.807, 2.05) is 62.5 Å². The zero-order valence-electron chi connectivity index (χ0n) is 20.6. The van der Waals surface area contributed by atoms with E-state index in [4.69, 9.17) is 16.7 Å². The van der Waals surface area contributed by atoms with Crippen LogP contribution in [0.4, 0.5) is 11.5 Å². The molecule has 0 fully saturated rings. The molecule has 4 heterocycles. The fourth-order valence-corrected chi connectivity index (χ4v) is 6.07. The lowest BCUT2D eigenvalue weighted by atomic mass is 9.67. The Morgan fingerprint density at radius 1 is 1.03 bits per heavy atom. The Morgan fingerprint density at radius 3 is 2.63 bits per heavy atom. The molecule has 0 saturated carbocycles. The summed E-state index contributed by atoms with van der Waals surface area (Å²) in [5.74, 6) is 0.324. The molecule has 0 aliphatic carbocycles. The van der Waals surface area contributed by atoms with E-state index in [0.717, 1.165) is 27.7 Å². The SMILES string of the molecule is Cc1ccc2c(C3=C(C#N)C4(C(=O)Nc5ccc(Cl)cc54)c4c(C)nn(-c5ccccc5)c4N3)c[nH]c2c1. The number of para-hydroxylation sites is 1. The molecule has 0 radical (unpaired) electrons. The molecule has 1 amide bonds. The average molecular weight is 517 g/mol. The largest absolute Gasteiger partial charge is 0.360 e.